The van der Waals surface area contributed by atoms with Gasteiger partial charge in [0.1, 0.15) is 0 Å². The molecule has 0 aliphatic heterocycles. The van der Waals surface area contributed by atoms with Crippen LogP contribution in [0.15, 0.2) is 103 Å². The van der Waals surface area contributed by atoms with Crippen LogP contribution in [0.1, 0.15) is 31.8 Å². The van der Waals surface area contributed by atoms with E-state index >= 15 is 0 Å². The minimum Gasteiger partial charge on any atom is -0.376 e. The number of aryl methyl sites for hydroxylation is 1. The summed E-state index contributed by atoms with van der Waals surface area (Å²) < 4.78 is 0. The van der Waals surface area contributed by atoms with Crippen molar-refractivity contribution in [1.82, 2.24) is 5.32 Å². The highest BCUT2D eigenvalue weighted by atomic mass is 16.2. The SMILES string of the molecule is Cc1cccc(C(=O)Nc2ccc(NC(=O)CNc3ccc(C(=O)NCc4ccccc4)cc3)cc2)c1. The van der Waals surface area contributed by atoms with Crippen molar-refractivity contribution in [3.8, 4) is 0 Å². The first-order valence-electron chi connectivity index (χ1n) is 11.9. The van der Waals surface area contributed by atoms with E-state index in [1.54, 1.807) is 54.6 Å². The van der Waals surface area contributed by atoms with Crippen LogP contribution < -0.4 is 21.3 Å². The zero-order valence-electron chi connectivity index (χ0n) is 20.5. The Morgan fingerprint density at radius 3 is 1.95 bits per heavy atom. The number of hydrogen-bond donors (Lipinski definition) is 4. The molecule has 0 unspecified atom stereocenters. The van der Waals surface area contributed by atoms with Crippen molar-refractivity contribution in [3.05, 3.63) is 125 Å². The lowest BCUT2D eigenvalue weighted by Gasteiger charge is -2.10. The van der Waals surface area contributed by atoms with Gasteiger partial charge < -0.3 is 21.3 Å². The highest BCUT2D eigenvalue weighted by Crippen LogP contribution is 2.16. The first kappa shape index (κ1) is 25.2. The van der Waals surface area contributed by atoms with Crippen molar-refractivity contribution in [1.29, 1.82) is 0 Å². The smallest absolute Gasteiger partial charge is 0.255 e. The topological polar surface area (TPSA) is 99.3 Å². The van der Waals surface area contributed by atoms with E-state index in [1.165, 1.54) is 0 Å². The summed E-state index contributed by atoms with van der Waals surface area (Å²) in [6, 6.07) is 30.9. The average molecular weight is 493 g/mol. The van der Waals surface area contributed by atoms with E-state index in [0.717, 1.165) is 16.8 Å². The fourth-order valence-electron chi connectivity index (χ4n) is 3.63. The van der Waals surface area contributed by atoms with Gasteiger partial charge in [0, 0.05) is 34.7 Å². The molecule has 37 heavy (non-hydrogen) atoms. The quantitative estimate of drug-likeness (QED) is 0.257. The molecule has 3 amide bonds. The minimum atomic E-state index is -0.221. The molecule has 0 aliphatic rings. The predicted molar refractivity (Wildman–Crippen MR) is 147 cm³/mol. The number of carbonyl (C=O) groups excluding carboxylic acids is 3. The minimum absolute atomic E-state index is 0.0609. The molecule has 0 bridgehead atoms. The Balaban J connectivity index is 1.21. The molecule has 0 saturated heterocycles. The van der Waals surface area contributed by atoms with Crippen LogP contribution in [0.3, 0.4) is 0 Å². The van der Waals surface area contributed by atoms with E-state index in [4.69, 9.17) is 0 Å². The second-order valence-electron chi connectivity index (χ2n) is 8.55. The van der Waals surface area contributed by atoms with Gasteiger partial charge in [-0.1, -0.05) is 48.0 Å². The standard InChI is InChI=1S/C30H28N4O3/c1-21-6-5-9-24(18-21)30(37)34-27-16-14-26(15-17-27)33-28(35)20-31-25-12-10-23(11-13-25)29(36)32-19-22-7-3-2-4-8-22/h2-18,31H,19-20H2,1H3,(H,32,36)(H,33,35)(H,34,37). The average Bonchev–Trinajstić information content (AvgIpc) is 2.92. The van der Waals surface area contributed by atoms with Crippen molar-refractivity contribution >= 4 is 34.8 Å². The lowest BCUT2D eigenvalue weighted by Crippen LogP contribution is -2.23. The summed E-state index contributed by atoms with van der Waals surface area (Å²) in [7, 11) is 0. The van der Waals surface area contributed by atoms with E-state index in [-0.39, 0.29) is 24.3 Å². The Morgan fingerprint density at radius 1 is 0.622 bits per heavy atom. The van der Waals surface area contributed by atoms with Gasteiger partial charge in [0.2, 0.25) is 5.91 Å². The van der Waals surface area contributed by atoms with Crippen LogP contribution in [0.25, 0.3) is 0 Å². The molecule has 4 N–H and O–H groups in total. The van der Waals surface area contributed by atoms with E-state index in [9.17, 15) is 14.4 Å². The maximum Gasteiger partial charge on any atom is 0.255 e. The number of carbonyl (C=O) groups is 3. The lowest BCUT2D eigenvalue weighted by molar-refractivity contribution is -0.114. The number of amides is 3. The first-order valence-corrected chi connectivity index (χ1v) is 11.9. The van der Waals surface area contributed by atoms with Crippen LogP contribution in [-0.2, 0) is 11.3 Å². The van der Waals surface area contributed by atoms with Crippen molar-refractivity contribution in [2.75, 3.05) is 22.5 Å². The third-order valence-electron chi connectivity index (χ3n) is 5.60. The van der Waals surface area contributed by atoms with Gasteiger partial charge in [-0.25, -0.2) is 0 Å². The highest BCUT2D eigenvalue weighted by Gasteiger charge is 2.08. The number of hydrogen-bond acceptors (Lipinski definition) is 4. The van der Waals surface area contributed by atoms with E-state index in [2.05, 4.69) is 21.3 Å². The van der Waals surface area contributed by atoms with E-state index in [0.29, 0.717) is 29.0 Å². The van der Waals surface area contributed by atoms with Crippen molar-refractivity contribution in [2.24, 2.45) is 0 Å². The number of nitrogens with one attached hydrogen (secondary N) is 4. The second-order valence-corrected chi connectivity index (χ2v) is 8.55. The zero-order chi connectivity index (χ0) is 26.0. The summed E-state index contributed by atoms with van der Waals surface area (Å²) >= 11 is 0. The van der Waals surface area contributed by atoms with Gasteiger partial charge in [0.25, 0.3) is 11.8 Å². The highest BCUT2D eigenvalue weighted by molar-refractivity contribution is 6.04. The van der Waals surface area contributed by atoms with Gasteiger partial charge >= 0.3 is 0 Å². The normalized spacial score (nSPS) is 10.3. The van der Waals surface area contributed by atoms with Crippen LogP contribution in [0.5, 0.6) is 0 Å². The molecule has 186 valence electrons. The fourth-order valence-corrected chi connectivity index (χ4v) is 3.63. The first-order chi connectivity index (χ1) is 18.0. The summed E-state index contributed by atoms with van der Waals surface area (Å²) in [4.78, 5) is 37.1. The monoisotopic (exact) mass is 492 g/mol. The summed E-state index contributed by atoms with van der Waals surface area (Å²) in [5.41, 5.74) is 5.15. The molecule has 0 fully saturated rings. The summed E-state index contributed by atoms with van der Waals surface area (Å²) in [5, 5.41) is 11.6. The van der Waals surface area contributed by atoms with Crippen molar-refractivity contribution < 1.29 is 14.4 Å². The molecular formula is C30H28N4O3. The molecule has 0 spiro atoms. The van der Waals surface area contributed by atoms with Gasteiger partial charge in [0.15, 0.2) is 0 Å². The van der Waals surface area contributed by atoms with Gasteiger partial charge in [-0.15, -0.1) is 0 Å². The molecule has 4 aromatic carbocycles. The Bertz CT molecular complexity index is 1370. The molecule has 0 saturated carbocycles. The fraction of sp³-hybridized carbons (Fsp3) is 0.100. The van der Waals surface area contributed by atoms with Gasteiger partial charge in [-0.2, -0.15) is 0 Å². The summed E-state index contributed by atoms with van der Waals surface area (Å²) in [5.74, 6) is -0.572. The van der Waals surface area contributed by atoms with Crippen molar-refractivity contribution in [3.63, 3.8) is 0 Å². The third kappa shape index (κ3) is 7.53. The molecule has 0 heterocycles. The van der Waals surface area contributed by atoms with Crippen LogP contribution >= 0.6 is 0 Å². The van der Waals surface area contributed by atoms with Crippen LogP contribution in [0.2, 0.25) is 0 Å². The van der Waals surface area contributed by atoms with E-state index < -0.39 is 0 Å². The maximum atomic E-state index is 12.4. The number of benzene rings is 4. The third-order valence-corrected chi connectivity index (χ3v) is 5.60. The van der Waals surface area contributed by atoms with Gasteiger partial charge in [-0.05, 0) is 73.2 Å². The van der Waals surface area contributed by atoms with Gasteiger partial charge in [0.05, 0.1) is 6.54 Å². The molecule has 0 atom stereocenters. The second kappa shape index (κ2) is 12.2. The molecule has 0 aliphatic carbocycles. The summed E-state index contributed by atoms with van der Waals surface area (Å²) in [6.07, 6.45) is 0. The van der Waals surface area contributed by atoms with Crippen LogP contribution in [0.4, 0.5) is 17.1 Å². The van der Waals surface area contributed by atoms with Crippen LogP contribution in [0, 0.1) is 6.92 Å². The zero-order valence-corrected chi connectivity index (χ0v) is 20.5. The Hall–Kier alpha value is -4.91. The number of anilines is 3. The molecular weight excluding hydrogens is 464 g/mol. The Labute approximate surface area is 215 Å². The van der Waals surface area contributed by atoms with E-state index in [1.807, 2.05) is 55.5 Å². The molecule has 7 heteroatoms. The molecule has 0 radical (unpaired) electrons. The van der Waals surface area contributed by atoms with Crippen LogP contribution in [-0.4, -0.2) is 24.3 Å². The number of rotatable bonds is 9. The van der Waals surface area contributed by atoms with Crippen molar-refractivity contribution in [2.45, 2.75) is 13.5 Å². The Kier molecular flexibility index (Phi) is 8.29. The maximum absolute atomic E-state index is 12.4. The molecule has 4 rings (SSSR count). The summed E-state index contributed by atoms with van der Waals surface area (Å²) in [6.45, 7) is 2.45. The lowest BCUT2D eigenvalue weighted by atomic mass is 10.1. The molecule has 0 aromatic heterocycles. The molecule has 4 aromatic rings. The molecule has 7 nitrogen and oxygen atoms in total. The Morgan fingerprint density at radius 2 is 1.27 bits per heavy atom. The predicted octanol–water partition coefficient (Wildman–Crippen LogP) is 5.23. The largest absolute Gasteiger partial charge is 0.376 e. The van der Waals surface area contributed by atoms with Gasteiger partial charge in [-0.3, -0.25) is 14.4 Å².